The van der Waals surface area contributed by atoms with E-state index >= 15 is 0 Å². The molecule has 1 aromatic carbocycles. The summed E-state index contributed by atoms with van der Waals surface area (Å²) in [5.41, 5.74) is 6.79. The van der Waals surface area contributed by atoms with Crippen molar-refractivity contribution in [3.8, 4) is 0 Å². The normalized spacial score (nSPS) is 14.7. The molecule has 0 aliphatic rings. The van der Waals surface area contributed by atoms with Crippen LogP contribution in [-0.2, 0) is 12.1 Å². The first-order valence-electron chi connectivity index (χ1n) is 5.39. The van der Waals surface area contributed by atoms with Crippen LogP contribution in [0.15, 0.2) is 36.7 Å². The molecule has 1 heterocycles. The number of nitrogens with two attached hydrogens (primary N) is 1. The van der Waals surface area contributed by atoms with Crippen molar-refractivity contribution in [3.63, 3.8) is 0 Å². The van der Waals surface area contributed by atoms with E-state index in [1.54, 1.807) is 6.33 Å². The number of hydrogen-bond acceptors (Lipinski definition) is 3. The minimum Gasteiger partial charge on any atom is -0.315 e. The van der Waals surface area contributed by atoms with E-state index in [0.717, 1.165) is 17.9 Å². The Kier molecular flexibility index (Phi) is 2.75. The van der Waals surface area contributed by atoms with E-state index in [1.165, 1.54) is 0 Å². The minimum atomic E-state index is -0.603. The van der Waals surface area contributed by atoms with Crippen molar-refractivity contribution in [2.45, 2.75) is 25.9 Å². The number of benzene rings is 1. The molecular weight excluding hydrogens is 200 g/mol. The molecule has 4 heteroatoms. The molecule has 0 bridgehead atoms. The van der Waals surface area contributed by atoms with Gasteiger partial charge in [0.25, 0.3) is 0 Å². The summed E-state index contributed by atoms with van der Waals surface area (Å²) in [7, 11) is 0. The second-order valence-electron chi connectivity index (χ2n) is 3.97. The fraction of sp³-hybridized carbons (Fsp3) is 0.333. The van der Waals surface area contributed by atoms with Crippen molar-refractivity contribution in [1.82, 2.24) is 14.8 Å². The number of aromatic nitrogens is 3. The molecule has 1 unspecified atom stereocenters. The zero-order valence-electron chi connectivity index (χ0n) is 9.59. The van der Waals surface area contributed by atoms with E-state index in [4.69, 9.17) is 5.73 Å². The lowest BCUT2D eigenvalue weighted by molar-refractivity contribution is 0.492. The minimum absolute atomic E-state index is 0.603. The van der Waals surface area contributed by atoms with Gasteiger partial charge in [0.05, 0.1) is 5.54 Å². The molecule has 2 aromatic rings. The Balaban J connectivity index is 2.47. The van der Waals surface area contributed by atoms with E-state index < -0.39 is 5.54 Å². The summed E-state index contributed by atoms with van der Waals surface area (Å²) in [4.78, 5) is 4.26. The van der Waals surface area contributed by atoms with Crippen LogP contribution >= 0.6 is 0 Å². The van der Waals surface area contributed by atoms with E-state index in [2.05, 4.69) is 10.1 Å². The van der Waals surface area contributed by atoms with Gasteiger partial charge in [-0.15, -0.1) is 0 Å². The lowest BCUT2D eigenvalue weighted by Gasteiger charge is -2.24. The SMILES string of the molecule is CCn1ncnc1C(C)(N)c1ccccc1. The second kappa shape index (κ2) is 4.06. The molecule has 0 aliphatic heterocycles. The Morgan fingerprint density at radius 1 is 1.31 bits per heavy atom. The predicted molar refractivity (Wildman–Crippen MR) is 62.8 cm³/mol. The number of hydrogen-bond donors (Lipinski definition) is 1. The summed E-state index contributed by atoms with van der Waals surface area (Å²) in [6, 6.07) is 9.95. The third-order valence-corrected chi connectivity index (χ3v) is 2.75. The van der Waals surface area contributed by atoms with Gasteiger partial charge >= 0.3 is 0 Å². The van der Waals surface area contributed by atoms with Gasteiger partial charge in [-0.3, -0.25) is 0 Å². The Bertz CT molecular complexity index is 459. The van der Waals surface area contributed by atoms with Gasteiger partial charge in [-0.2, -0.15) is 5.10 Å². The van der Waals surface area contributed by atoms with Gasteiger partial charge in [-0.05, 0) is 19.4 Å². The molecule has 16 heavy (non-hydrogen) atoms. The highest BCUT2D eigenvalue weighted by Gasteiger charge is 2.28. The maximum absolute atomic E-state index is 6.36. The van der Waals surface area contributed by atoms with Gasteiger partial charge in [-0.25, -0.2) is 9.67 Å². The van der Waals surface area contributed by atoms with Crippen molar-refractivity contribution >= 4 is 0 Å². The monoisotopic (exact) mass is 216 g/mol. The molecule has 4 nitrogen and oxygen atoms in total. The van der Waals surface area contributed by atoms with Crippen LogP contribution in [0.4, 0.5) is 0 Å². The van der Waals surface area contributed by atoms with Gasteiger partial charge < -0.3 is 5.73 Å². The van der Waals surface area contributed by atoms with Gasteiger partial charge in [0.1, 0.15) is 6.33 Å². The van der Waals surface area contributed by atoms with Crippen LogP contribution in [0, 0.1) is 0 Å². The van der Waals surface area contributed by atoms with Crippen LogP contribution in [-0.4, -0.2) is 14.8 Å². The third kappa shape index (κ3) is 1.72. The summed E-state index contributed by atoms with van der Waals surface area (Å²) in [5.74, 6) is 0.793. The quantitative estimate of drug-likeness (QED) is 0.846. The number of aryl methyl sites for hydroxylation is 1. The average molecular weight is 216 g/mol. The molecular formula is C12H16N4. The standard InChI is InChI=1S/C12H16N4/c1-3-16-11(14-9-15-16)12(2,13)10-7-5-4-6-8-10/h4-9H,3,13H2,1-2H3. The molecule has 0 spiro atoms. The van der Waals surface area contributed by atoms with Crippen molar-refractivity contribution in [3.05, 3.63) is 48.0 Å². The maximum Gasteiger partial charge on any atom is 0.151 e. The van der Waals surface area contributed by atoms with E-state index in [-0.39, 0.29) is 0 Å². The summed E-state index contributed by atoms with van der Waals surface area (Å²) in [6.07, 6.45) is 1.55. The van der Waals surface area contributed by atoms with Gasteiger partial charge in [0.2, 0.25) is 0 Å². The predicted octanol–water partition coefficient (Wildman–Crippen LogP) is 1.52. The van der Waals surface area contributed by atoms with Crippen LogP contribution in [0.2, 0.25) is 0 Å². The number of nitrogens with zero attached hydrogens (tertiary/aromatic N) is 3. The van der Waals surface area contributed by atoms with Crippen molar-refractivity contribution in [2.24, 2.45) is 5.73 Å². The fourth-order valence-corrected chi connectivity index (χ4v) is 1.81. The molecule has 1 aromatic heterocycles. The van der Waals surface area contributed by atoms with E-state index in [0.29, 0.717) is 0 Å². The Morgan fingerprint density at radius 3 is 2.62 bits per heavy atom. The van der Waals surface area contributed by atoms with Crippen molar-refractivity contribution < 1.29 is 0 Å². The lowest BCUT2D eigenvalue weighted by Crippen LogP contribution is -2.37. The summed E-state index contributed by atoms with van der Waals surface area (Å²) < 4.78 is 1.83. The Labute approximate surface area is 95.1 Å². The van der Waals surface area contributed by atoms with Crippen molar-refractivity contribution in [1.29, 1.82) is 0 Å². The third-order valence-electron chi connectivity index (χ3n) is 2.75. The molecule has 84 valence electrons. The highest BCUT2D eigenvalue weighted by molar-refractivity contribution is 5.29. The highest BCUT2D eigenvalue weighted by atomic mass is 15.3. The molecule has 2 N–H and O–H groups in total. The zero-order chi connectivity index (χ0) is 11.6. The van der Waals surface area contributed by atoms with Crippen LogP contribution < -0.4 is 5.73 Å². The van der Waals surface area contributed by atoms with Crippen LogP contribution in [0.1, 0.15) is 25.2 Å². The maximum atomic E-state index is 6.36. The van der Waals surface area contributed by atoms with Crippen LogP contribution in [0.5, 0.6) is 0 Å². The topological polar surface area (TPSA) is 56.7 Å². The molecule has 1 atom stereocenters. The first-order valence-corrected chi connectivity index (χ1v) is 5.39. The Hall–Kier alpha value is -1.68. The number of rotatable bonds is 3. The largest absolute Gasteiger partial charge is 0.315 e. The van der Waals surface area contributed by atoms with Gasteiger partial charge in [-0.1, -0.05) is 30.3 Å². The van der Waals surface area contributed by atoms with Crippen molar-refractivity contribution in [2.75, 3.05) is 0 Å². The molecule has 0 fully saturated rings. The smallest absolute Gasteiger partial charge is 0.151 e. The second-order valence-corrected chi connectivity index (χ2v) is 3.97. The van der Waals surface area contributed by atoms with E-state index in [1.807, 2.05) is 48.9 Å². The molecule has 0 saturated carbocycles. The van der Waals surface area contributed by atoms with E-state index in [9.17, 15) is 0 Å². The zero-order valence-corrected chi connectivity index (χ0v) is 9.59. The summed E-state index contributed by atoms with van der Waals surface area (Å²) in [6.45, 7) is 4.76. The lowest BCUT2D eigenvalue weighted by atomic mass is 9.92. The molecule has 0 saturated heterocycles. The van der Waals surface area contributed by atoms with Crippen LogP contribution in [0.3, 0.4) is 0 Å². The highest BCUT2D eigenvalue weighted by Crippen LogP contribution is 2.24. The molecule has 2 rings (SSSR count). The fourth-order valence-electron chi connectivity index (χ4n) is 1.81. The molecule has 0 amide bonds. The Morgan fingerprint density at radius 2 is 2.00 bits per heavy atom. The first kappa shape index (κ1) is 10.8. The summed E-state index contributed by atoms with van der Waals surface area (Å²) in [5, 5.41) is 4.15. The van der Waals surface area contributed by atoms with Gasteiger partial charge in [0.15, 0.2) is 5.82 Å². The first-order chi connectivity index (χ1) is 7.66. The van der Waals surface area contributed by atoms with Crippen LogP contribution in [0.25, 0.3) is 0 Å². The molecule has 0 aliphatic carbocycles. The van der Waals surface area contributed by atoms with Gasteiger partial charge in [0, 0.05) is 6.54 Å². The molecule has 0 radical (unpaired) electrons. The average Bonchev–Trinajstić information content (AvgIpc) is 2.79. The summed E-state index contributed by atoms with van der Waals surface area (Å²) >= 11 is 0.